The molecule has 3 rings (SSSR count). The Morgan fingerprint density at radius 3 is 0.939 bits per heavy atom. The molecule has 0 N–H and O–H groups in total. The zero-order chi connectivity index (χ0) is 35.6. The molecule has 3 aromatic rings. The van der Waals surface area contributed by atoms with Crippen molar-refractivity contribution in [2.24, 2.45) is 0 Å². The molecule has 0 saturated heterocycles. The summed E-state index contributed by atoms with van der Waals surface area (Å²) in [7, 11) is -0.702. The molecule has 0 spiro atoms. The lowest BCUT2D eigenvalue weighted by atomic mass is 9.91. The van der Waals surface area contributed by atoms with Gasteiger partial charge >= 0.3 is 0 Å². The number of hydrogen-bond donors (Lipinski definition) is 0. The summed E-state index contributed by atoms with van der Waals surface area (Å²) in [4.78, 5) is 0. The lowest BCUT2D eigenvalue weighted by molar-refractivity contribution is 0.737. The standard InChI is InChI=1S/C48H75P/c1-10-19-28-39-33-36-48(45(30-21-12-3)42(39)29-20-11-2)49(46-34-31-37(22-13-4)40(24-15-6)43(46)26-17-8)47-35-32-38(23-14-5)41(25-16-7)44(47)27-18-9/h31-36H,10-30H2,1-9H3. The van der Waals surface area contributed by atoms with Crippen molar-refractivity contribution in [2.45, 2.75) is 197 Å². The number of aryl methyl sites for hydroxylation is 3. The Morgan fingerprint density at radius 1 is 0.286 bits per heavy atom. The van der Waals surface area contributed by atoms with Gasteiger partial charge in [-0.1, -0.05) is 156 Å². The molecule has 0 bridgehead atoms. The van der Waals surface area contributed by atoms with Gasteiger partial charge in [0.25, 0.3) is 0 Å². The van der Waals surface area contributed by atoms with Crippen molar-refractivity contribution in [3.63, 3.8) is 0 Å². The van der Waals surface area contributed by atoms with Crippen molar-refractivity contribution in [1.82, 2.24) is 0 Å². The van der Waals surface area contributed by atoms with Gasteiger partial charge in [0.15, 0.2) is 0 Å². The number of unbranched alkanes of at least 4 members (excludes halogenated alkanes) is 3. The lowest BCUT2D eigenvalue weighted by Gasteiger charge is -2.32. The van der Waals surface area contributed by atoms with Crippen LogP contribution < -0.4 is 15.9 Å². The maximum atomic E-state index is 2.67. The third-order valence-electron chi connectivity index (χ3n) is 10.6. The molecular formula is C48H75P. The SMILES string of the molecule is CCCCc1ccc(P(c2ccc(CCC)c(CCC)c2CCC)c2ccc(CCC)c(CCC)c2CCC)c(CCCC)c1CCCC. The quantitative estimate of drug-likeness (QED) is 0.0825. The smallest absolute Gasteiger partial charge is 0.0116 e. The molecular weight excluding hydrogens is 608 g/mol. The van der Waals surface area contributed by atoms with Crippen molar-refractivity contribution in [3.05, 3.63) is 86.5 Å². The Hall–Kier alpha value is -1.91. The van der Waals surface area contributed by atoms with E-state index in [1.807, 2.05) is 0 Å². The summed E-state index contributed by atoms with van der Waals surface area (Å²) in [6.45, 7) is 21.4. The Morgan fingerprint density at radius 2 is 0.571 bits per heavy atom. The van der Waals surface area contributed by atoms with Gasteiger partial charge < -0.3 is 0 Å². The summed E-state index contributed by atoms with van der Waals surface area (Å²) in [6.07, 6.45) is 25.8. The Labute approximate surface area is 306 Å². The van der Waals surface area contributed by atoms with E-state index < -0.39 is 7.92 Å². The number of benzene rings is 3. The maximum absolute atomic E-state index is 2.67. The highest BCUT2D eigenvalue weighted by molar-refractivity contribution is 7.80. The average Bonchev–Trinajstić information content (AvgIpc) is 3.10. The molecule has 0 unspecified atom stereocenters. The highest BCUT2D eigenvalue weighted by atomic mass is 31.1. The van der Waals surface area contributed by atoms with Gasteiger partial charge in [0.2, 0.25) is 0 Å². The van der Waals surface area contributed by atoms with Crippen LogP contribution in [0.15, 0.2) is 36.4 Å². The first kappa shape index (κ1) is 41.5. The topological polar surface area (TPSA) is 0 Å². The molecule has 0 saturated carbocycles. The Bertz CT molecular complexity index is 1330. The van der Waals surface area contributed by atoms with Crippen LogP contribution >= 0.6 is 7.92 Å². The van der Waals surface area contributed by atoms with Gasteiger partial charge in [-0.05, 0) is 151 Å². The van der Waals surface area contributed by atoms with Crippen LogP contribution in [0.25, 0.3) is 0 Å². The summed E-state index contributed by atoms with van der Waals surface area (Å²) in [6, 6.07) is 15.7. The predicted molar refractivity (Wildman–Crippen MR) is 225 cm³/mol. The monoisotopic (exact) mass is 683 g/mol. The first-order valence-corrected chi connectivity index (χ1v) is 22.5. The lowest BCUT2D eigenvalue weighted by Crippen LogP contribution is -2.31. The van der Waals surface area contributed by atoms with Crippen LogP contribution in [0.4, 0.5) is 0 Å². The number of hydrogen-bond acceptors (Lipinski definition) is 0. The first-order valence-electron chi connectivity index (χ1n) is 21.2. The van der Waals surface area contributed by atoms with Gasteiger partial charge in [0.1, 0.15) is 0 Å². The zero-order valence-electron chi connectivity index (χ0n) is 33.8. The molecule has 0 aromatic heterocycles. The van der Waals surface area contributed by atoms with E-state index in [4.69, 9.17) is 0 Å². The predicted octanol–water partition coefficient (Wildman–Crippen LogP) is 13.2. The highest BCUT2D eigenvalue weighted by Gasteiger charge is 2.29. The molecule has 0 nitrogen and oxygen atoms in total. The second-order valence-corrected chi connectivity index (χ2v) is 16.9. The fraction of sp³-hybridized carbons (Fsp3) is 0.625. The summed E-state index contributed by atoms with van der Waals surface area (Å²) < 4.78 is 0. The number of rotatable bonds is 24. The highest BCUT2D eigenvalue weighted by Crippen LogP contribution is 2.42. The second-order valence-electron chi connectivity index (χ2n) is 14.7. The van der Waals surface area contributed by atoms with Gasteiger partial charge in [0.05, 0.1) is 0 Å². The molecule has 0 atom stereocenters. The maximum Gasteiger partial charge on any atom is -0.0116 e. The van der Waals surface area contributed by atoms with Crippen LogP contribution in [0.3, 0.4) is 0 Å². The molecule has 0 amide bonds. The fourth-order valence-corrected chi connectivity index (χ4v) is 11.3. The third-order valence-corrected chi connectivity index (χ3v) is 13.3. The van der Waals surface area contributed by atoms with Crippen LogP contribution in [0, 0.1) is 0 Å². The summed E-state index contributed by atoms with van der Waals surface area (Å²) in [5.41, 5.74) is 15.2. The molecule has 0 heterocycles. The van der Waals surface area contributed by atoms with E-state index in [0.29, 0.717) is 0 Å². The normalized spacial score (nSPS) is 11.6. The van der Waals surface area contributed by atoms with E-state index in [-0.39, 0.29) is 0 Å². The van der Waals surface area contributed by atoms with Crippen LogP contribution in [0.2, 0.25) is 0 Å². The molecule has 0 aliphatic carbocycles. The minimum absolute atomic E-state index is 0.702. The van der Waals surface area contributed by atoms with Gasteiger partial charge in [-0.2, -0.15) is 0 Å². The van der Waals surface area contributed by atoms with Crippen LogP contribution in [0.5, 0.6) is 0 Å². The minimum atomic E-state index is -0.702. The van der Waals surface area contributed by atoms with Crippen LogP contribution in [0.1, 0.15) is 189 Å². The summed E-state index contributed by atoms with van der Waals surface area (Å²) in [5.74, 6) is 0. The molecule has 0 aliphatic heterocycles. The van der Waals surface area contributed by atoms with Gasteiger partial charge in [-0.3, -0.25) is 0 Å². The summed E-state index contributed by atoms with van der Waals surface area (Å²) >= 11 is 0. The summed E-state index contributed by atoms with van der Waals surface area (Å²) in [5, 5.41) is 5.06. The van der Waals surface area contributed by atoms with E-state index in [1.165, 1.54) is 135 Å². The van der Waals surface area contributed by atoms with Gasteiger partial charge in [-0.15, -0.1) is 0 Å². The van der Waals surface area contributed by atoms with E-state index >= 15 is 0 Å². The van der Waals surface area contributed by atoms with Gasteiger partial charge in [-0.25, -0.2) is 0 Å². The van der Waals surface area contributed by atoms with Crippen molar-refractivity contribution in [1.29, 1.82) is 0 Å². The van der Waals surface area contributed by atoms with Crippen molar-refractivity contribution < 1.29 is 0 Å². The Balaban J connectivity index is 2.59. The third kappa shape index (κ3) is 10.8. The van der Waals surface area contributed by atoms with E-state index in [0.717, 1.165) is 0 Å². The van der Waals surface area contributed by atoms with Gasteiger partial charge in [0, 0.05) is 0 Å². The van der Waals surface area contributed by atoms with E-state index in [9.17, 15) is 0 Å². The molecule has 0 aliphatic rings. The molecule has 1 heteroatoms. The first-order chi connectivity index (χ1) is 24.0. The van der Waals surface area contributed by atoms with E-state index in [1.54, 1.807) is 66.0 Å². The fourth-order valence-electron chi connectivity index (χ4n) is 8.29. The molecule has 3 aromatic carbocycles. The molecule has 0 fully saturated rings. The largest absolute Gasteiger partial charge is 0.0654 e. The molecule has 272 valence electrons. The van der Waals surface area contributed by atoms with Crippen molar-refractivity contribution in [3.8, 4) is 0 Å². The van der Waals surface area contributed by atoms with Crippen LogP contribution in [-0.2, 0) is 57.8 Å². The second kappa shape index (κ2) is 22.8. The van der Waals surface area contributed by atoms with Crippen molar-refractivity contribution >= 4 is 23.8 Å². The van der Waals surface area contributed by atoms with Crippen LogP contribution in [-0.4, -0.2) is 0 Å². The Kier molecular flexibility index (Phi) is 19.3. The zero-order valence-corrected chi connectivity index (χ0v) is 34.7. The minimum Gasteiger partial charge on any atom is -0.0654 e. The van der Waals surface area contributed by atoms with E-state index in [2.05, 4.69) is 98.7 Å². The average molecular weight is 683 g/mol. The molecule has 49 heavy (non-hydrogen) atoms. The molecule has 0 radical (unpaired) electrons. The van der Waals surface area contributed by atoms with Crippen molar-refractivity contribution in [2.75, 3.05) is 0 Å².